The molecule has 0 aromatic heterocycles. The first-order chi connectivity index (χ1) is 7.83. The maximum atomic E-state index is 3.69. The fourth-order valence-electron chi connectivity index (χ4n) is 3.10. The first-order valence-corrected chi connectivity index (χ1v) is 6.33. The van der Waals surface area contributed by atoms with Crippen molar-refractivity contribution < 1.29 is 0 Å². The lowest BCUT2D eigenvalue weighted by molar-refractivity contribution is 0.475. The smallest absolute Gasteiger partial charge is 0.0108 e. The van der Waals surface area contributed by atoms with E-state index in [1.54, 1.807) is 5.57 Å². The number of piperidine rings is 1. The van der Waals surface area contributed by atoms with Crippen LogP contribution in [0.3, 0.4) is 0 Å². The van der Waals surface area contributed by atoms with E-state index in [0.717, 1.165) is 12.1 Å². The Morgan fingerprint density at radius 1 is 1.06 bits per heavy atom. The van der Waals surface area contributed by atoms with Gasteiger partial charge in [-0.1, -0.05) is 35.9 Å². The van der Waals surface area contributed by atoms with Gasteiger partial charge in [-0.05, 0) is 43.7 Å². The van der Waals surface area contributed by atoms with Crippen molar-refractivity contribution in [2.45, 2.75) is 44.7 Å². The summed E-state index contributed by atoms with van der Waals surface area (Å²) in [5, 5.41) is 3.69. The van der Waals surface area contributed by atoms with Crippen LogP contribution >= 0.6 is 0 Å². The maximum absolute atomic E-state index is 3.69. The minimum atomic E-state index is 0.757. The Morgan fingerprint density at radius 3 is 2.31 bits per heavy atom. The number of fused-ring (bicyclic) bond motifs is 2. The van der Waals surface area contributed by atoms with Crippen LogP contribution in [0.1, 0.15) is 38.2 Å². The summed E-state index contributed by atoms with van der Waals surface area (Å²) >= 11 is 0. The molecule has 2 heterocycles. The third-order valence-electron chi connectivity index (χ3n) is 4.06. The molecule has 84 valence electrons. The molecule has 1 N–H and O–H groups in total. The van der Waals surface area contributed by atoms with Crippen molar-refractivity contribution in [2.75, 3.05) is 0 Å². The number of rotatable bonds is 1. The van der Waals surface area contributed by atoms with E-state index in [9.17, 15) is 0 Å². The van der Waals surface area contributed by atoms with Gasteiger partial charge in [-0.2, -0.15) is 0 Å². The molecule has 2 unspecified atom stereocenters. The molecule has 0 spiro atoms. The highest BCUT2D eigenvalue weighted by Gasteiger charge is 2.30. The number of hydrogen-bond acceptors (Lipinski definition) is 1. The number of allylic oxidation sites excluding steroid dienone is 1. The molecular formula is C15H19N. The van der Waals surface area contributed by atoms with E-state index in [-0.39, 0.29) is 0 Å². The van der Waals surface area contributed by atoms with Crippen molar-refractivity contribution in [3.05, 3.63) is 41.5 Å². The molecule has 1 aromatic carbocycles. The highest BCUT2D eigenvalue weighted by Crippen LogP contribution is 2.34. The van der Waals surface area contributed by atoms with E-state index < -0.39 is 0 Å². The standard InChI is InChI=1S/C15H19N/c1-11(12-5-3-2-4-6-12)13-9-14-7-8-15(10-13)16-14/h2-6,14-16H,7-10H2,1H3. The second kappa shape index (κ2) is 4.06. The zero-order valence-electron chi connectivity index (χ0n) is 9.87. The Morgan fingerprint density at radius 2 is 1.69 bits per heavy atom. The molecule has 2 bridgehead atoms. The maximum Gasteiger partial charge on any atom is 0.0108 e. The Balaban J connectivity index is 1.90. The Labute approximate surface area is 97.6 Å². The van der Waals surface area contributed by atoms with Gasteiger partial charge in [0, 0.05) is 12.1 Å². The average Bonchev–Trinajstić information content (AvgIpc) is 2.68. The van der Waals surface area contributed by atoms with Crippen LogP contribution in [0.2, 0.25) is 0 Å². The lowest BCUT2D eigenvalue weighted by atomic mass is 9.91. The molecule has 2 aliphatic heterocycles. The third kappa shape index (κ3) is 1.80. The Kier molecular flexibility index (Phi) is 2.56. The highest BCUT2D eigenvalue weighted by atomic mass is 15.0. The first kappa shape index (κ1) is 10.1. The highest BCUT2D eigenvalue weighted by molar-refractivity contribution is 5.67. The van der Waals surface area contributed by atoms with Crippen molar-refractivity contribution in [3.8, 4) is 0 Å². The first-order valence-electron chi connectivity index (χ1n) is 6.33. The number of benzene rings is 1. The lowest BCUT2D eigenvalue weighted by Gasteiger charge is -2.25. The minimum absolute atomic E-state index is 0.757. The monoisotopic (exact) mass is 213 g/mol. The SMILES string of the molecule is CC(=C1CC2CCC(C1)N2)c1ccccc1. The molecule has 3 rings (SSSR count). The van der Waals surface area contributed by atoms with Gasteiger partial charge in [0.15, 0.2) is 0 Å². The van der Waals surface area contributed by atoms with Crippen LogP contribution in [-0.2, 0) is 0 Å². The molecule has 0 saturated carbocycles. The number of hydrogen-bond donors (Lipinski definition) is 1. The van der Waals surface area contributed by atoms with Gasteiger partial charge in [0.1, 0.15) is 0 Å². The van der Waals surface area contributed by atoms with E-state index in [4.69, 9.17) is 0 Å². The summed E-state index contributed by atoms with van der Waals surface area (Å²) in [6.07, 6.45) is 5.26. The van der Waals surface area contributed by atoms with Crippen LogP contribution < -0.4 is 5.32 Å². The molecule has 2 fully saturated rings. The average molecular weight is 213 g/mol. The predicted octanol–water partition coefficient (Wildman–Crippen LogP) is 3.37. The van der Waals surface area contributed by atoms with Crippen LogP contribution in [0.5, 0.6) is 0 Å². The molecule has 1 aromatic rings. The largest absolute Gasteiger partial charge is 0.311 e. The Bertz CT molecular complexity index is 391. The zero-order valence-corrected chi connectivity index (χ0v) is 9.87. The van der Waals surface area contributed by atoms with Crippen molar-refractivity contribution in [1.29, 1.82) is 0 Å². The third-order valence-corrected chi connectivity index (χ3v) is 4.06. The molecule has 1 heteroatoms. The molecule has 2 atom stereocenters. The van der Waals surface area contributed by atoms with Gasteiger partial charge in [-0.15, -0.1) is 0 Å². The van der Waals surface area contributed by atoms with Crippen LogP contribution in [0.4, 0.5) is 0 Å². The zero-order chi connectivity index (χ0) is 11.0. The summed E-state index contributed by atoms with van der Waals surface area (Å²) in [6, 6.07) is 12.3. The van der Waals surface area contributed by atoms with E-state index in [1.165, 1.54) is 36.8 Å². The second-order valence-corrected chi connectivity index (χ2v) is 5.14. The van der Waals surface area contributed by atoms with Gasteiger partial charge in [0.2, 0.25) is 0 Å². The van der Waals surface area contributed by atoms with E-state index in [2.05, 4.69) is 42.6 Å². The van der Waals surface area contributed by atoms with Crippen LogP contribution in [0.15, 0.2) is 35.9 Å². The van der Waals surface area contributed by atoms with E-state index in [1.807, 2.05) is 0 Å². The summed E-state index contributed by atoms with van der Waals surface area (Å²) in [6.45, 7) is 2.29. The van der Waals surface area contributed by atoms with Gasteiger partial charge < -0.3 is 5.32 Å². The van der Waals surface area contributed by atoms with Gasteiger partial charge in [-0.25, -0.2) is 0 Å². The van der Waals surface area contributed by atoms with Gasteiger partial charge in [0.25, 0.3) is 0 Å². The summed E-state index contributed by atoms with van der Waals surface area (Å²) in [7, 11) is 0. The number of nitrogens with one attached hydrogen (secondary N) is 1. The molecule has 0 aliphatic carbocycles. The van der Waals surface area contributed by atoms with Crippen molar-refractivity contribution in [2.24, 2.45) is 0 Å². The molecule has 16 heavy (non-hydrogen) atoms. The molecule has 2 aliphatic rings. The van der Waals surface area contributed by atoms with Gasteiger partial charge >= 0.3 is 0 Å². The molecule has 2 saturated heterocycles. The van der Waals surface area contributed by atoms with Crippen LogP contribution in [0, 0.1) is 0 Å². The van der Waals surface area contributed by atoms with Crippen LogP contribution in [-0.4, -0.2) is 12.1 Å². The summed E-state index contributed by atoms with van der Waals surface area (Å²) in [5.41, 5.74) is 4.59. The van der Waals surface area contributed by atoms with Gasteiger partial charge in [0.05, 0.1) is 0 Å². The van der Waals surface area contributed by atoms with Crippen molar-refractivity contribution in [1.82, 2.24) is 5.32 Å². The fraction of sp³-hybridized carbons (Fsp3) is 0.467. The summed E-state index contributed by atoms with van der Waals surface area (Å²) in [5.74, 6) is 0. The molecule has 0 radical (unpaired) electrons. The van der Waals surface area contributed by atoms with E-state index >= 15 is 0 Å². The van der Waals surface area contributed by atoms with E-state index in [0.29, 0.717) is 0 Å². The van der Waals surface area contributed by atoms with Crippen LogP contribution in [0.25, 0.3) is 5.57 Å². The molecule has 0 amide bonds. The predicted molar refractivity (Wildman–Crippen MR) is 68.2 cm³/mol. The normalized spacial score (nSPS) is 28.2. The molecule has 1 nitrogen and oxygen atoms in total. The topological polar surface area (TPSA) is 12.0 Å². The fourth-order valence-corrected chi connectivity index (χ4v) is 3.10. The second-order valence-electron chi connectivity index (χ2n) is 5.14. The quantitative estimate of drug-likeness (QED) is 0.754. The van der Waals surface area contributed by atoms with Crippen molar-refractivity contribution >= 4 is 5.57 Å². The Hall–Kier alpha value is -1.08. The summed E-state index contributed by atoms with van der Waals surface area (Å²) < 4.78 is 0. The summed E-state index contributed by atoms with van der Waals surface area (Å²) in [4.78, 5) is 0. The van der Waals surface area contributed by atoms with Crippen molar-refractivity contribution in [3.63, 3.8) is 0 Å². The minimum Gasteiger partial charge on any atom is -0.311 e. The lowest BCUT2D eigenvalue weighted by Crippen LogP contribution is -2.34. The van der Waals surface area contributed by atoms with Gasteiger partial charge in [-0.3, -0.25) is 0 Å². The molecular weight excluding hydrogens is 194 g/mol.